The van der Waals surface area contributed by atoms with Crippen molar-refractivity contribution in [3.05, 3.63) is 69.4 Å². The maximum Gasteiger partial charge on any atom is 0.124 e. The molecule has 0 aromatic heterocycles. The fraction of sp³-hybridized carbons (Fsp3) is 0.294. The summed E-state index contributed by atoms with van der Waals surface area (Å²) in [6, 6.07) is 13.2. The maximum absolute atomic E-state index is 13.1. The SMILES string of the molecule is COCc1cccc(CNC(C)c2ccc(F)cc2Br)c1. The van der Waals surface area contributed by atoms with Crippen molar-refractivity contribution >= 4 is 15.9 Å². The van der Waals surface area contributed by atoms with Crippen LogP contribution in [0.4, 0.5) is 4.39 Å². The van der Waals surface area contributed by atoms with E-state index in [1.807, 2.05) is 12.1 Å². The van der Waals surface area contributed by atoms with Gasteiger partial charge in [0.2, 0.25) is 0 Å². The van der Waals surface area contributed by atoms with Gasteiger partial charge in [0.25, 0.3) is 0 Å². The summed E-state index contributed by atoms with van der Waals surface area (Å²) in [6.45, 7) is 3.44. The summed E-state index contributed by atoms with van der Waals surface area (Å²) in [6.07, 6.45) is 0. The predicted octanol–water partition coefficient (Wildman–Crippen LogP) is 4.59. The Hall–Kier alpha value is -1.23. The molecular weight excluding hydrogens is 333 g/mol. The van der Waals surface area contributed by atoms with Crippen LogP contribution in [0.1, 0.15) is 29.7 Å². The Balaban J connectivity index is 2.00. The predicted molar refractivity (Wildman–Crippen MR) is 86.5 cm³/mol. The highest BCUT2D eigenvalue weighted by Gasteiger charge is 2.09. The second kappa shape index (κ2) is 7.69. The molecule has 1 N–H and O–H groups in total. The van der Waals surface area contributed by atoms with Gasteiger partial charge in [-0.05, 0) is 35.7 Å². The van der Waals surface area contributed by atoms with E-state index in [0.29, 0.717) is 6.61 Å². The minimum absolute atomic E-state index is 0.131. The van der Waals surface area contributed by atoms with Crippen LogP contribution in [0.25, 0.3) is 0 Å². The molecule has 0 saturated carbocycles. The van der Waals surface area contributed by atoms with Crippen molar-refractivity contribution in [3.63, 3.8) is 0 Å². The number of rotatable bonds is 6. The highest BCUT2D eigenvalue weighted by molar-refractivity contribution is 9.10. The molecule has 0 saturated heterocycles. The van der Waals surface area contributed by atoms with Gasteiger partial charge in [-0.25, -0.2) is 4.39 Å². The number of methoxy groups -OCH3 is 1. The first-order chi connectivity index (χ1) is 10.1. The quantitative estimate of drug-likeness (QED) is 0.821. The van der Waals surface area contributed by atoms with Crippen molar-refractivity contribution in [3.8, 4) is 0 Å². The van der Waals surface area contributed by atoms with Crippen LogP contribution in [0.5, 0.6) is 0 Å². The summed E-state index contributed by atoms with van der Waals surface area (Å²) in [5.41, 5.74) is 3.41. The normalized spacial score (nSPS) is 12.4. The molecule has 2 rings (SSSR count). The highest BCUT2D eigenvalue weighted by Crippen LogP contribution is 2.24. The van der Waals surface area contributed by atoms with Crippen molar-refractivity contribution in [1.82, 2.24) is 5.32 Å². The molecule has 0 fully saturated rings. The molecule has 0 aliphatic rings. The molecule has 0 spiro atoms. The number of halogens is 2. The van der Waals surface area contributed by atoms with Gasteiger partial charge in [0.05, 0.1) is 6.61 Å². The number of benzene rings is 2. The largest absolute Gasteiger partial charge is 0.380 e. The van der Waals surface area contributed by atoms with E-state index in [9.17, 15) is 4.39 Å². The zero-order valence-corrected chi connectivity index (χ0v) is 13.8. The van der Waals surface area contributed by atoms with E-state index in [1.165, 1.54) is 17.7 Å². The fourth-order valence-electron chi connectivity index (χ4n) is 2.23. The maximum atomic E-state index is 13.1. The molecule has 0 amide bonds. The Labute approximate surface area is 133 Å². The van der Waals surface area contributed by atoms with Gasteiger partial charge < -0.3 is 10.1 Å². The van der Waals surface area contributed by atoms with Gasteiger partial charge >= 0.3 is 0 Å². The van der Waals surface area contributed by atoms with E-state index in [0.717, 1.165) is 22.1 Å². The van der Waals surface area contributed by atoms with Crippen molar-refractivity contribution in [2.75, 3.05) is 7.11 Å². The van der Waals surface area contributed by atoms with Gasteiger partial charge in [-0.2, -0.15) is 0 Å². The zero-order valence-electron chi connectivity index (χ0n) is 12.2. The third kappa shape index (κ3) is 4.63. The topological polar surface area (TPSA) is 21.3 Å². The molecule has 2 aromatic rings. The Morgan fingerprint density at radius 2 is 1.95 bits per heavy atom. The number of hydrogen-bond donors (Lipinski definition) is 1. The standard InChI is InChI=1S/C17H19BrFNO/c1-12(16-7-6-15(19)9-17(16)18)20-10-13-4-3-5-14(8-13)11-21-2/h3-9,12,20H,10-11H2,1-2H3. The summed E-state index contributed by atoms with van der Waals surface area (Å²) in [4.78, 5) is 0. The lowest BCUT2D eigenvalue weighted by molar-refractivity contribution is 0.185. The lowest BCUT2D eigenvalue weighted by Gasteiger charge is -2.16. The molecule has 0 radical (unpaired) electrons. The van der Waals surface area contributed by atoms with Crippen molar-refractivity contribution < 1.29 is 9.13 Å². The fourth-order valence-corrected chi connectivity index (χ4v) is 2.92. The van der Waals surface area contributed by atoms with Crippen molar-refractivity contribution in [2.45, 2.75) is 26.1 Å². The third-order valence-corrected chi connectivity index (χ3v) is 4.03. The Bertz CT molecular complexity index is 603. The Morgan fingerprint density at radius 1 is 1.19 bits per heavy atom. The van der Waals surface area contributed by atoms with E-state index < -0.39 is 0 Å². The van der Waals surface area contributed by atoms with Gasteiger partial charge in [0.15, 0.2) is 0 Å². The summed E-state index contributed by atoms with van der Waals surface area (Å²) in [7, 11) is 1.69. The Morgan fingerprint density at radius 3 is 2.67 bits per heavy atom. The molecule has 0 aliphatic carbocycles. The van der Waals surface area contributed by atoms with Crippen LogP contribution >= 0.6 is 15.9 Å². The monoisotopic (exact) mass is 351 g/mol. The number of nitrogens with one attached hydrogen (secondary N) is 1. The molecule has 1 unspecified atom stereocenters. The zero-order chi connectivity index (χ0) is 15.2. The van der Waals surface area contributed by atoms with E-state index in [-0.39, 0.29) is 11.9 Å². The molecule has 1 atom stereocenters. The average Bonchev–Trinajstić information content (AvgIpc) is 2.45. The minimum atomic E-state index is -0.231. The number of ether oxygens (including phenoxy) is 1. The van der Waals surface area contributed by atoms with E-state index in [2.05, 4.69) is 40.3 Å². The molecule has 21 heavy (non-hydrogen) atoms. The summed E-state index contributed by atoms with van der Waals surface area (Å²) in [5.74, 6) is -0.231. The first-order valence-electron chi connectivity index (χ1n) is 6.85. The van der Waals surface area contributed by atoms with Crippen LogP contribution < -0.4 is 5.32 Å². The van der Waals surface area contributed by atoms with Crippen molar-refractivity contribution in [2.24, 2.45) is 0 Å². The second-order valence-corrected chi connectivity index (χ2v) is 5.88. The van der Waals surface area contributed by atoms with Crippen LogP contribution in [0.3, 0.4) is 0 Å². The van der Waals surface area contributed by atoms with Crippen LogP contribution in [-0.2, 0) is 17.9 Å². The second-order valence-electron chi connectivity index (χ2n) is 5.02. The number of hydrogen-bond acceptors (Lipinski definition) is 2. The molecule has 0 heterocycles. The smallest absolute Gasteiger partial charge is 0.124 e. The Kier molecular flexibility index (Phi) is 5.91. The summed E-state index contributed by atoms with van der Waals surface area (Å²) < 4.78 is 19.0. The van der Waals surface area contributed by atoms with Gasteiger partial charge in [-0.1, -0.05) is 46.3 Å². The third-order valence-electron chi connectivity index (χ3n) is 3.34. The van der Waals surface area contributed by atoms with Crippen LogP contribution in [0.15, 0.2) is 46.9 Å². The van der Waals surface area contributed by atoms with E-state index >= 15 is 0 Å². The molecule has 2 nitrogen and oxygen atoms in total. The van der Waals surface area contributed by atoms with Gasteiger partial charge in [0.1, 0.15) is 5.82 Å². The molecule has 0 aliphatic heterocycles. The van der Waals surface area contributed by atoms with Crippen LogP contribution in [0.2, 0.25) is 0 Å². The van der Waals surface area contributed by atoms with E-state index in [1.54, 1.807) is 13.2 Å². The van der Waals surface area contributed by atoms with Gasteiger partial charge in [-0.15, -0.1) is 0 Å². The first-order valence-corrected chi connectivity index (χ1v) is 7.64. The van der Waals surface area contributed by atoms with Crippen molar-refractivity contribution in [1.29, 1.82) is 0 Å². The first kappa shape index (κ1) is 16.1. The van der Waals surface area contributed by atoms with Crippen LogP contribution in [-0.4, -0.2) is 7.11 Å². The van der Waals surface area contributed by atoms with Gasteiger partial charge in [0, 0.05) is 24.2 Å². The molecule has 4 heteroatoms. The molecule has 0 bridgehead atoms. The molecular formula is C17H19BrFNO. The minimum Gasteiger partial charge on any atom is -0.380 e. The summed E-state index contributed by atoms with van der Waals surface area (Å²) in [5, 5.41) is 3.45. The molecule has 112 valence electrons. The van der Waals surface area contributed by atoms with Gasteiger partial charge in [-0.3, -0.25) is 0 Å². The van der Waals surface area contributed by atoms with E-state index in [4.69, 9.17) is 4.74 Å². The van der Waals surface area contributed by atoms with Crippen LogP contribution in [0, 0.1) is 5.82 Å². The molecule has 2 aromatic carbocycles. The lowest BCUT2D eigenvalue weighted by atomic mass is 10.1. The lowest BCUT2D eigenvalue weighted by Crippen LogP contribution is -2.18. The highest BCUT2D eigenvalue weighted by atomic mass is 79.9. The average molecular weight is 352 g/mol. The summed E-state index contributed by atoms with van der Waals surface area (Å²) >= 11 is 3.41.